The average molecular weight is 289 g/mol. The second kappa shape index (κ2) is 4.94. The van der Waals surface area contributed by atoms with Gasteiger partial charge in [0.05, 0.1) is 24.1 Å². The largest absolute Gasteiger partial charge is 0.388 e. The van der Waals surface area contributed by atoms with E-state index in [9.17, 15) is 9.59 Å². The zero-order valence-electron chi connectivity index (χ0n) is 10.9. The molecular weight excluding hydrogens is 274 g/mol. The van der Waals surface area contributed by atoms with E-state index in [1.807, 2.05) is 0 Å². The van der Waals surface area contributed by atoms with Gasteiger partial charge in [0, 0.05) is 6.20 Å². The summed E-state index contributed by atoms with van der Waals surface area (Å²) < 4.78 is 0. The van der Waals surface area contributed by atoms with Gasteiger partial charge in [0.2, 0.25) is 11.8 Å². The number of amides is 2. The minimum Gasteiger partial charge on any atom is -0.388 e. The zero-order chi connectivity index (χ0) is 14.3. The molecule has 0 bridgehead atoms. The summed E-state index contributed by atoms with van der Waals surface area (Å²) >= 11 is 4.88. The van der Waals surface area contributed by atoms with Gasteiger partial charge in [-0.15, -0.1) is 0 Å². The van der Waals surface area contributed by atoms with Crippen molar-refractivity contribution in [3.63, 3.8) is 0 Å². The first-order valence-electron chi connectivity index (χ1n) is 6.68. The molecule has 1 saturated heterocycles. The molecule has 1 aliphatic heterocycles. The Morgan fingerprint density at radius 3 is 2.60 bits per heavy atom. The Morgan fingerprint density at radius 1 is 1.35 bits per heavy atom. The Bertz CT molecular complexity index is 580. The fourth-order valence-electron chi connectivity index (χ4n) is 3.11. The Balaban J connectivity index is 1.81. The van der Waals surface area contributed by atoms with Crippen LogP contribution in [0.5, 0.6) is 0 Å². The maximum absolute atomic E-state index is 12.3. The fourth-order valence-corrected chi connectivity index (χ4v) is 3.22. The highest BCUT2D eigenvalue weighted by Gasteiger charge is 2.49. The van der Waals surface area contributed by atoms with Crippen molar-refractivity contribution in [1.29, 1.82) is 0 Å². The van der Waals surface area contributed by atoms with Crippen LogP contribution in [0, 0.1) is 11.8 Å². The van der Waals surface area contributed by atoms with Crippen LogP contribution in [0.3, 0.4) is 0 Å². The molecule has 2 amide bonds. The number of fused-ring (bicyclic) bond motifs is 1. The lowest BCUT2D eigenvalue weighted by molar-refractivity contribution is -0.141. The van der Waals surface area contributed by atoms with Gasteiger partial charge >= 0.3 is 0 Å². The highest BCUT2D eigenvalue weighted by Crippen LogP contribution is 2.40. The fraction of sp³-hybridized carbons (Fsp3) is 0.429. The molecule has 5 nitrogen and oxygen atoms in total. The van der Waals surface area contributed by atoms with E-state index in [0.717, 1.165) is 24.8 Å². The number of thiocarbonyl (C=S) groups is 1. The van der Waals surface area contributed by atoms with Crippen molar-refractivity contribution in [3.05, 3.63) is 29.6 Å². The topological polar surface area (TPSA) is 76.3 Å². The van der Waals surface area contributed by atoms with Gasteiger partial charge in [0.1, 0.15) is 4.99 Å². The number of hydrogen-bond acceptors (Lipinski definition) is 4. The summed E-state index contributed by atoms with van der Waals surface area (Å²) in [5, 5.41) is 0. The maximum atomic E-state index is 12.3. The second-order valence-electron chi connectivity index (χ2n) is 5.32. The summed E-state index contributed by atoms with van der Waals surface area (Å²) in [6.45, 7) is 0.281. The van der Waals surface area contributed by atoms with Crippen LogP contribution in [-0.4, -0.2) is 26.7 Å². The van der Waals surface area contributed by atoms with Crippen LogP contribution in [0.1, 0.15) is 30.5 Å². The number of nitrogens with zero attached hydrogens (tertiary/aromatic N) is 2. The highest BCUT2D eigenvalue weighted by molar-refractivity contribution is 7.80. The number of likely N-dealkylation sites (tertiary alicyclic amines) is 1. The molecule has 1 aromatic heterocycles. The summed E-state index contributed by atoms with van der Waals surface area (Å²) in [6.07, 6.45) is 4.23. The molecular formula is C14H15N3O2S. The third-order valence-electron chi connectivity index (χ3n) is 4.10. The molecule has 0 radical (unpaired) electrons. The number of rotatable bonds is 3. The molecule has 6 heteroatoms. The molecule has 104 valence electrons. The lowest BCUT2D eigenvalue weighted by atomic mass is 10.00. The minimum atomic E-state index is -0.0978. The Labute approximate surface area is 122 Å². The van der Waals surface area contributed by atoms with Crippen molar-refractivity contribution >= 4 is 29.0 Å². The summed E-state index contributed by atoms with van der Waals surface area (Å²) in [6, 6.07) is 3.51. The Morgan fingerprint density at radius 2 is 2.00 bits per heavy atom. The van der Waals surface area contributed by atoms with Crippen LogP contribution >= 0.6 is 12.2 Å². The van der Waals surface area contributed by atoms with E-state index >= 15 is 0 Å². The number of hydrogen-bond donors (Lipinski definition) is 1. The minimum absolute atomic E-state index is 0.0359. The molecule has 0 spiro atoms. The SMILES string of the molecule is NC(=S)c1cc(CN2C(=O)C3CCCC3C2=O)ccn1. The molecule has 1 aliphatic carbocycles. The van der Waals surface area contributed by atoms with E-state index in [1.54, 1.807) is 18.3 Å². The first-order chi connectivity index (χ1) is 9.58. The van der Waals surface area contributed by atoms with E-state index in [2.05, 4.69) is 4.98 Å². The van der Waals surface area contributed by atoms with Crippen LogP contribution in [0.15, 0.2) is 18.3 Å². The van der Waals surface area contributed by atoms with Gasteiger partial charge in [-0.3, -0.25) is 19.5 Å². The second-order valence-corrected chi connectivity index (χ2v) is 5.76. The van der Waals surface area contributed by atoms with Crippen LogP contribution in [0.25, 0.3) is 0 Å². The highest BCUT2D eigenvalue weighted by atomic mass is 32.1. The van der Waals surface area contributed by atoms with Gasteiger partial charge in [-0.05, 0) is 30.5 Å². The van der Waals surface area contributed by atoms with E-state index in [0.29, 0.717) is 5.69 Å². The molecule has 0 aromatic carbocycles. The number of carbonyl (C=O) groups excluding carboxylic acids is 2. The van der Waals surface area contributed by atoms with Gasteiger partial charge in [0.25, 0.3) is 0 Å². The van der Waals surface area contributed by atoms with Crippen LogP contribution in [-0.2, 0) is 16.1 Å². The molecule has 2 atom stereocenters. The summed E-state index contributed by atoms with van der Waals surface area (Å²) in [5.74, 6) is -0.267. The van der Waals surface area contributed by atoms with Crippen molar-refractivity contribution in [2.24, 2.45) is 17.6 Å². The third kappa shape index (κ3) is 2.10. The van der Waals surface area contributed by atoms with Gasteiger partial charge in [0.15, 0.2) is 0 Å². The van der Waals surface area contributed by atoms with Crippen LogP contribution in [0.4, 0.5) is 0 Å². The molecule has 2 aliphatic rings. The number of nitrogens with two attached hydrogens (primary N) is 1. The predicted molar refractivity (Wildman–Crippen MR) is 76.5 cm³/mol. The third-order valence-corrected chi connectivity index (χ3v) is 4.31. The quantitative estimate of drug-likeness (QED) is 0.663. The standard InChI is InChI=1S/C14H15N3O2S/c15-12(20)11-6-8(4-5-16-11)7-17-13(18)9-2-1-3-10(9)14(17)19/h4-6,9-10H,1-3,7H2,(H2,15,20). The molecule has 2 heterocycles. The normalized spacial score (nSPS) is 25.1. The average Bonchev–Trinajstić information content (AvgIpc) is 2.99. The molecule has 1 aromatic rings. The molecule has 2 fully saturated rings. The van der Waals surface area contributed by atoms with Crippen LogP contribution < -0.4 is 5.73 Å². The van der Waals surface area contributed by atoms with Crippen molar-refractivity contribution in [2.75, 3.05) is 0 Å². The summed E-state index contributed by atoms with van der Waals surface area (Å²) in [5.41, 5.74) is 6.88. The summed E-state index contributed by atoms with van der Waals surface area (Å²) in [4.78, 5) is 30.2. The molecule has 2 N–H and O–H groups in total. The number of pyridine rings is 1. The monoisotopic (exact) mass is 289 g/mol. The number of imide groups is 1. The maximum Gasteiger partial charge on any atom is 0.233 e. The van der Waals surface area contributed by atoms with Gasteiger partial charge in [-0.2, -0.15) is 0 Å². The Kier molecular flexibility index (Phi) is 3.25. The predicted octanol–water partition coefficient (Wildman–Crippen LogP) is 1.00. The molecule has 20 heavy (non-hydrogen) atoms. The van der Waals surface area contributed by atoms with E-state index in [1.165, 1.54) is 4.90 Å². The van der Waals surface area contributed by atoms with E-state index < -0.39 is 0 Å². The number of carbonyl (C=O) groups is 2. The van der Waals surface area contributed by atoms with E-state index in [4.69, 9.17) is 18.0 Å². The first kappa shape index (κ1) is 13.2. The first-order valence-corrected chi connectivity index (χ1v) is 7.08. The zero-order valence-corrected chi connectivity index (χ0v) is 11.7. The van der Waals surface area contributed by atoms with Crippen molar-refractivity contribution in [1.82, 2.24) is 9.88 Å². The molecule has 1 saturated carbocycles. The van der Waals surface area contributed by atoms with Crippen molar-refractivity contribution in [3.8, 4) is 0 Å². The van der Waals surface area contributed by atoms with Crippen molar-refractivity contribution in [2.45, 2.75) is 25.8 Å². The number of aromatic nitrogens is 1. The van der Waals surface area contributed by atoms with E-state index in [-0.39, 0.29) is 35.2 Å². The van der Waals surface area contributed by atoms with Crippen molar-refractivity contribution < 1.29 is 9.59 Å². The lowest BCUT2D eigenvalue weighted by Crippen LogP contribution is -2.31. The van der Waals surface area contributed by atoms with Gasteiger partial charge in [-0.25, -0.2) is 0 Å². The smallest absolute Gasteiger partial charge is 0.233 e. The lowest BCUT2D eigenvalue weighted by Gasteiger charge is -2.16. The van der Waals surface area contributed by atoms with Gasteiger partial charge < -0.3 is 5.73 Å². The van der Waals surface area contributed by atoms with Gasteiger partial charge in [-0.1, -0.05) is 18.6 Å². The molecule has 2 unspecified atom stereocenters. The summed E-state index contributed by atoms with van der Waals surface area (Å²) in [7, 11) is 0. The molecule has 3 rings (SSSR count). The Hall–Kier alpha value is -1.82. The van der Waals surface area contributed by atoms with Crippen LogP contribution in [0.2, 0.25) is 0 Å².